The standard InChI is InChI=1S/C16H23F3N4O2S/c1-14(2)10-22(5-6-23(14)26(4,24)25)13-8-15(3,16(17,18)19)7-12-11(13)9-20-21-12/h7,9,21H,5-6,8,10H2,1-4H3. The summed E-state index contributed by atoms with van der Waals surface area (Å²) in [6, 6.07) is 0. The number of nitrogens with zero attached hydrogens (tertiary/aromatic N) is 3. The second-order valence-corrected chi connectivity index (χ2v) is 9.86. The third-order valence-electron chi connectivity index (χ3n) is 5.23. The van der Waals surface area contributed by atoms with E-state index in [-0.39, 0.29) is 13.0 Å². The number of fused-ring (bicyclic) bond motifs is 1. The molecule has 1 saturated heterocycles. The molecule has 1 aromatic heterocycles. The maximum Gasteiger partial charge on any atom is 0.398 e. The molecule has 10 heteroatoms. The van der Waals surface area contributed by atoms with Crippen LogP contribution in [0.1, 0.15) is 27.2 Å². The van der Waals surface area contributed by atoms with Gasteiger partial charge in [0.05, 0.1) is 23.2 Å². The smallest absolute Gasteiger partial charge is 0.371 e. The number of halogens is 3. The van der Waals surface area contributed by atoms with Crippen molar-refractivity contribution in [1.29, 1.82) is 0 Å². The van der Waals surface area contributed by atoms with E-state index in [0.717, 1.165) is 6.26 Å². The average molecular weight is 392 g/mol. The molecule has 0 aromatic carbocycles. The normalized spacial score (nSPS) is 27.2. The Morgan fingerprint density at radius 3 is 2.42 bits per heavy atom. The van der Waals surface area contributed by atoms with Crippen LogP contribution in [0.3, 0.4) is 0 Å². The number of aromatic nitrogens is 2. The lowest BCUT2D eigenvalue weighted by Crippen LogP contribution is -2.61. The highest BCUT2D eigenvalue weighted by molar-refractivity contribution is 7.88. The first-order valence-electron chi connectivity index (χ1n) is 8.30. The summed E-state index contributed by atoms with van der Waals surface area (Å²) in [5, 5.41) is 7.56. The Kier molecular flexibility index (Phi) is 4.23. The van der Waals surface area contributed by atoms with Crippen molar-refractivity contribution in [1.82, 2.24) is 19.4 Å². The number of rotatable bonds is 2. The van der Waals surface area contributed by atoms with Gasteiger partial charge in [0, 0.05) is 42.5 Å². The molecular formula is C16H23F3N4O2S. The average Bonchev–Trinajstić information content (AvgIpc) is 2.90. The molecule has 1 fully saturated rings. The first-order valence-corrected chi connectivity index (χ1v) is 10.1. The first kappa shape index (κ1) is 19.2. The van der Waals surface area contributed by atoms with Crippen molar-refractivity contribution < 1.29 is 21.6 Å². The van der Waals surface area contributed by atoms with Gasteiger partial charge in [-0.15, -0.1) is 0 Å². The van der Waals surface area contributed by atoms with E-state index >= 15 is 0 Å². The van der Waals surface area contributed by atoms with Crippen LogP contribution in [0.25, 0.3) is 11.8 Å². The molecule has 0 radical (unpaired) electrons. The second-order valence-electron chi connectivity index (χ2n) is 7.95. The Morgan fingerprint density at radius 2 is 1.88 bits per heavy atom. The van der Waals surface area contributed by atoms with Crippen LogP contribution in [0.2, 0.25) is 0 Å². The highest BCUT2D eigenvalue weighted by Gasteiger charge is 2.52. The number of piperazine rings is 1. The van der Waals surface area contributed by atoms with Gasteiger partial charge in [-0.25, -0.2) is 8.42 Å². The number of aromatic amines is 1. The number of H-pyrrole nitrogens is 1. The quantitative estimate of drug-likeness (QED) is 0.802. The number of nitrogens with one attached hydrogen (secondary N) is 1. The molecule has 0 bridgehead atoms. The largest absolute Gasteiger partial charge is 0.398 e. The van der Waals surface area contributed by atoms with Crippen molar-refractivity contribution in [3.8, 4) is 0 Å². The number of hydrogen-bond donors (Lipinski definition) is 1. The van der Waals surface area contributed by atoms with Crippen LogP contribution in [-0.2, 0) is 10.0 Å². The summed E-state index contributed by atoms with van der Waals surface area (Å²) >= 11 is 0. The van der Waals surface area contributed by atoms with Crippen molar-refractivity contribution in [2.24, 2.45) is 5.41 Å². The molecule has 146 valence electrons. The summed E-state index contributed by atoms with van der Waals surface area (Å²) in [5.74, 6) is 0. The zero-order valence-corrected chi connectivity index (χ0v) is 16.0. The van der Waals surface area contributed by atoms with E-state index in [2.05, 4.69) is 10.2 Å². The molecule has 1 aromatic rings. The van der Waals surface area contributed by atoms with Crippen LogP contribution in [0.15, 0.2) is 6.20 Å². The molecule has 1 atom stereocenters. The minimum Gasteiger partial charge on any atom is -0.371 e. The molecule has 1 N–H and O–H groups in total. The summed E-state index contributed by atoms with van der Waals surface area (Å²) in [7, 11) is -3.39. The Morgan fingerprint density at radius 1 is 1.23 bits per heavy atom. The van der Waals surface area contributed by atoms with E-state index in [4.69, 9.17) is 0 Å². The summed E-state index contributed by atoms with van der Waals surface area (Å²) in [4.78, 5) is 1.87. The minimum absolute atomic E-state index is 0.196. The molecule has 26 heavy (non-hydrogen) atoms. The van der Waals surface area contributed by atoms with Crippen LogP contribution >= 0.6 is 0 Å². The molecule has 0 saturated carbocycles. The van der Waals surface area contributed by atoms with Gasteiger partial charge >= 0.3 is 6.18 Å². The van der Waals surface area contributed by atoms with Gasteiger partial charge in [0.25, 0.3) is 0 Å². The zero-order chi connectivity index (χ0) is 19.5. The highest BCUT2D eigenvalue weighted by Crippen LogP contribution is 2.46. The van der Waals surface area contributed by atoms with Gasteiger partial charge in [0.1, 0.15) is 0 Å². The second kappa shape index (κ2) is 5.72. The van der Waals surface area contributed by atoms with Gasteiger partial charge < -0.3 is 4.90 Å². The summed E-state index contributed by atoms with van der Waals surface area (Å²) in [6.45, 7) is 5.63. The maximum absolute atomic E-state index is 13.7. The van der Waals surface area contributed by atoms with Crippen molar-refractivity contribution in [2.75, 3.05) is 25.9 Å². The third kappa shape index (κ3) is 3.13. The molecule has 3 rings (SSSR count). The monoisotopic (exact) mass is 392 g/mol. The Balaban J connectivity index is 2.03. The summed E-state index contributed by atoms with van der Waals surface area (Å²) < 4.78 is 66.4. The van der Waals surface area contributed by atoms with Gasteiger partial charge in [-0.2, -0.15) is 22.6 Å². The molecule has 0 amide bonds. The van der Waals surface area contributed by atoms with E-state index in [0.29, 0.717) is 29.4 Å². The maximum atomic E-state index is 13.7. The Hall–Kier alpha value is -1.55. The predicted molar refractivity (Wildman–Crippen MR) is 91.7 cm³/mol. The van der Waals surface area contributed by atoms with Crippen molar-refractivity contribution in [3.05, 3.63) is 16.8 Å². The molecule has 2 aliphatic rings. The molecule has 6 nitrogen and oxygen atoms in total. The fourth-order valence-electron chi connectivity index (χ4n) is 3.90. The van der Waals surface area contributed by atoms with Crippen LogP contribution < -0.4 is 10.6 Å². The molecular weight excluding hydrogens is 369 g/mol. The lowest BCUT2D eigenvalue weighted by Gasteiger charge is -2.48. The summed E-state index contributed by atoms with van der Waals surface area (Å²) in [5.41, 5.74) is -2.17. The minimum atomic E-state index is -4.40. The van der Waals surface area contributed by atoms with Gasteiger partial charge in [0.15, 0.2) is 0 Å². The van der Waals surface area contributed by atoms with Crippen molar-refractivity contribution in [3.63, 3.8) is 0 Å². The number of hydrogen-bond acceptors (Lipinski definition) is 4. The fourth-order valence-corrected chi connectivity index (χ4v) is 5.27. The topological polar surface area (TPSA) is 69.3 Å². The fraction of sp³-hybridized carbons (Fsp3) is 0.688. The van der Waals surface area contributed by atoms with E-state index in [1.807, 2.05) is 4.90 Å². The lowest BCUT2D eigenvalue weighted by atomic mass is 9.80. The van der Waals surface area contributed by atoms with Crippen LogP contribution in [0, 0.1) is 5.41 Å². The van der Waals surface area contributed by atoms with E-state index in [9.17, 15) is 21.6 Å². The lowest BCUT2D eigenvalue weighted by molar-refractivity contribution is -0.193. The van der Waals surface area contributed by atoms with E-state index in [1.165, 1.54) is 23.5 Å². The van der Waals surface area contributed by atoms with Crippen molar-refractivity contribution in [2.45, 2.75) is 38.9 Å². The first-order chi connectivity index (χ1) is 11.7. The van der Waals surface area contributed by atoms with Crippen LogP contribution in [0.5, 0.6) is 0 Å². The van der Waals surface area contributed by atoms with Gasteiger partial charge in [-0.3, -0.25) is 5.10 Å². The number of sulfonamides is 1. The highest BCUT2D eigenvalue weighted by atomic mass is 32.2. The molecule has 1 aliphatic carbocycles. The third-order valence-corrected chi connectivity index (χ3v) is 6.71. The number of alkyl halides is 3. The Bertz CT molecular complexity index is 935. The SMILES string of the molecule is CC1(C)CN(C2=c3cn[nH]c3=CC(C)(C(F)(F)F)C2)CCN1S(C)(=O)=O. The van der Waals surface area contributed by atoms with E-state index < -0.39 is 27.2 Å². The molecule has 1 unspecified atom stereocenters. The molecule has 1 aliphatic heterocycles. The summed E-state index contributed by atoms with van der Waals surface area (Å²) in [6.07, 6.45) is -0.713. The predicted octanol–water partition coefficient (Wildman–Crippen LogP) is 0.627. The van der Waals surface area contributed by atoms with Crippen LogP contribution in [-0.4, -0.2) is 65.4 Å². The Labute approximate surface area is 150 Å². The van der Waals surface area contributed by atoms with Crippen LogP contribution in [0.4, 0.5) is 13.2 Å². The van der Waals surface area contributed by atoms with Gasteiger partial charge in [-0.05, 0) is 26.8 Å². The van der Waals surface area contributed by atoms with Gasteiger partial charge in [-0.1, -0.05) is 0 Å². The van der Waals surface area contributed by atoms with E-state index in [1.54, 1.807) is 13.8 Å². The van der Waals surface area contributed by atoms with Crippen molar-refractivity contribution >= 4 is 21.8 Å². The van der Waals surface area contributed by atoms with Gasteiger partial charge in [0.2, 0.25) is 10.0 Å². The molecule has 2 heterocycles. The molecule has 0 spiro atoms. The zero-order valence-electron chi connectivity index (χ0n) is 15.2.